The Morgan fingerprint density at radius 2 is 2.17 bits per heavy atom. The summed E-state index contributed by atoms with van der Waals surface area (Å²) >= 11 is -1.27. The van der Waals surface area contributed by atoms with E-state index in [2.05, 4.69) is 10.8 Å². The standard InChI is InChI=1S/C17H23FN2O2S/c1-11(20-23(21)16(2,3)4)14-9-13(18)8-12-10-17(5,6-7-19)22-15(12)14/h8-9,11,20H,6,10H2,1-5H3/t11-,17?,23-/m1/s1. The molecule has 0 saturated carbocycles. The molecule has 0 radical (unpaired) electrons. The molecule has 1 aromatic rings. The number of rotatable bonds is 4. The monoisotopic (exact) mass is 338 g/mol. The Morgan fingerprint density at radius 1 is 1.52 bits per heavy atom. The average Bonchev–Trinajstić information content (AvgIpc) is 2.72. The molecule has 2 rings (SSSR count). The van der Waals surface area contributed by atoms with Crippen molar-refractivity contribution in [2.75, 3.05) is 0 Å². The largest absolute Gasteiger partial charge is 0.598 e. The van der Waals surface area contributed by atoms with E-state index in [9.17, 15) is 8.94 Å². The smallest absolute Gasteiger partial charge is 0.136 e. The summed E-state index contributed by atoms with van der Waals surface area (Å²) in [5.41, 5.74) is 0.759. The number of benzene rings is 1. The van der Waals surface area contributed by atoms with Crippen molar-refractivity contribution in [3.8, 4) is 11.8 Å². The summed E-state index contributed by atoms with van der Waals surface area (Å²) in [6.45, 7) is 9.31. The van der Waals surface area contributed by atoms with Crippen LogP contribution < -0.4 is 9.46 Å². The number of fused-ring (bicyclic) bond motifs is 1. The maximum absolute atomic E-state index is 14.0. The Kier molecular flexibility index (Phi) is 4.95. The number of nitriles is 1. The fourth-order valence-corrected chi connectivity index (χ4v) is 3.40. The van der Waals surface area contributed by atoms with Crippen LogP contribution in [-0.4, -0.2) is 14.9 Å². The van der Waals surface area contributed by atoms with Gasteiger partial charge in [0.2, 0.25) is 0 Å². The molecule has 4 nitrogen and oxygen atoms in total. The maximum Gasteiger partial charge on any atom is 0.136 e. The van der Waals surface area contributed by atoms with Crippen molar-refractivity contribution in [3.05, 3.63) is 29.1 Å². The van der Waals surface area contributed by atoms with E-state index < -0.39 is 21.7 Å². The zero-order chi connectivity index (χ0) is 17.4. The summed E-state index contributed by atoms with van der Waals surface area (Å²) in [4.78, 5) is 0. The van der Waals surface area contributed by atoms with E-state index in [4.69, 9.17) is 10.00 Å². The Hall–Kier alpha value is -1.29. The van der Waals surface area contributed by atoms with Gasteiger partial charge in [0.1, 0.15) is 21.9 Å². The van der Waals surface area contributed by atoms with E-state index in [1.807, 2.05) is 34.6 Å². The molecule has 0 amide bonds. The third kappa shape index (κ3) is 3.97. The first kappa shape index (κ1) is 18.1. The molecule has 1 N–H and O–H groups in total. The van der Waals surface area contributed by atoms with E-state index in [-0.39, 0.29) is 18.3 Å². The van der Waals surface area contributed by atoms with Gasteiger partial charge >= 0.3 is 0 Å². The Morgan fingerprint density at radius 3 is 2.74 bits per heavy atom. The number of ether oxygens (including phenoxy) is 1. The van der Waals surface area contributed by atoms with E-state index >= 15 is 0 Å². The first-order valence-corrected chi connectivity index (χ1v) is 8.77. The van der Waals surface area contributed by atoms with Crippen LogP contribution in [0.25, 0.3) is 0 Å². The van der Waals surface area contributed by atoms with Gasteiger partial charge in [0.05, 0.1) is 18.5 Å². The second-order valence-corrected chi connectivity index (χ2v) is 9.27. The normalized spacial score (nSPS) is 22.9. The molecule has 1 aromatic carbocycles. The number of hydrogen-bond acceptors (Lipinski definition) is 4. The van der Waals surface area contributed by atoms with Crippen molar-refractivity contribution in [2.24, 2.45) is 0 Å². The van der Waals surface area contributed by atoms with Crippen molar-refractivity contribution in [3.63, 3.8) is 0 Å². The summed E-state index contributed by atoms with van der Waals surface area (Å²) in [6.07, 6.45) is 0.730. The van der Waals surface area contributed by atoms with E-state index in [0.717, 1.165) is 5.56 Å². The fourth-order valence-electron chi connectivity index (χ4n) is 2.60. The van der Waals surface area contributed by atoms with Gasteiger partial charge in [-0.3, -0.25) is 0 Å². The lowest BCUT2D eigenvalue weighted by Gasteiger charge is -2.27. The highest BCUT2D eigenvalue weighted by molar-refractivity contribution is 7.90. The summed E-state index contributed by atoms with van der Waals surface area (Å²) in [5.74, 6) is 0.258. The number of nitrogens with zero attached hydrogens (tertiary/aromatic N) is 1. The first-order valence-electron chi connectivity index (χ1n) is 7.62. The van der Waals surface area contributed by atoms with Crippen molar-refractivity contribution >= 4 is 11.4 Å². The Balaban J connectivity index is 2.31. The number of hydrogen-bond donors (Lipinski definition) is 1. The minimum Gasteiger partial charge on any atom is -0.598 e. The molecule has 0 spiro atoms. The van der Waals surface area contributed by atoms with Crippen LogP contribution in [0.4, 0.5) is 4.39 Å². The molecule has 126 valence electrons. The van der Waals surface area contributed by atoms with Crippen LogP contribution in [0.5, 0.6) is 5.75 Å². The molecule has 3 atom stereocenters. The third-order valence-corrected chi connectivity index (χ3v) is 5.51. The molecule has 0 aliphatic carbocycles. The van der Waals surface area contributed by atoms with Crippen LogP contribution in [0.15, 0.2) is 12.1 Å². The predicted molar refractivity (Wildman–Crippen MR) is 88.8 cm³/mol. The average molecular weight is 338 g/mol. The lowest BCUT2D eigenvalue weighted by atomic mass is 9.95. The molecule has 0 bridgehead atoms. The summed E-state index contributed by atoms with van der Waals surface area (Å²) < 4.78 is 34.8. The van der Waals surface area contributed by atoms with Gasteiger partial charge in [-0.05, 0) is 46.8 Å². The second kappa shape index (κ2) is 6.31. The van der Waals surface area contributed by atoms with Gasteiger partial charge in [-0.15, -0.1) is 4.72 Å². The maximum atomic E-state index is 14.0. The highest BCUT2D eigenvalue weighted by atomic mass is 32.2. The van der Waals surface area contributed by atoms with E-state index in [0.29, 0.717) is 17.7 Å². The Labute approximate surface area is 140 Å². The van der Waals surface area contributed by atoms with Gasteiger partial charge in [0, 0.05) is 28.9 Å². The molecule has 1 heterocycles. The lowest BCUT2D eigenvalue weighted by Crippen LogP contribution is -2.40. The molecular weight excluding hydrogens is 315 g/mol. The number of nitrogens with one attached hydrogen (secondary N) is 1. The molecule has 0 fully saturated rings. The molecular formula is C17H23FN2O2S. The Bertz CT molecular complexity index is 639. The van der Waals surface area contributed by atoms with Crippen molar-refractivity contribution in [1.82, 2.24) is 4.72 Å². The van der Waals surface area contributed by atoms with Crippen LogP contribution in [-0.2, 0) is 17.8 Å². The van der Waals surface area contributed by atoms with Crippen LogP contribution in [0.2, 0.25) is 0 Å². The summed E-state index contributed by atoms with van der Waals surface area (Å²) in [6, 6.07) is 4.65. The molecule has 1 unspecified atom stereocenters. The van der Waals surface area contributed by atoms with Crippen LogP contribution in [0.1, 0.15) is 58.2 Å². The van der Waals surface area contributed by atoms with Crippen LogP contribution in [0.3, 0.4) is 0 Å². The van der Waals surface area contributed by atoms with Crippen molar-refractivity contribution < 1.29 is 13.7 Å². The van der Waals surface area contributed by atoms with Crippen LogP contribution in [0, 0.1) is 17.1 Å². The zero-order valence-corrected chi connectivity index (χ0v) is 15.0. The lowest BCUT2D eigenvalue weighted by molar-refractivity contribution is 0.120. The predicted octanol–water partition coefficient (Wildman–Crippen LogP) is 3.55. The fraction of sp³-hybridized carbons (Fsp3) is 0.588. The van der Waals surface area contributed by atoms with Gasteiger partial charge in [-0.25, -0.2) is 4.39 Å². The SMILES string of the molecule is C[C@@H](N[S@+]([O-])C(C)(C)C)c1cc(F)cc2c1OC(C)(CC#N)C2. The second-order valence-electron chi connectivity index (χ2n) is 7.27. The topological polar surface area (TPSA) is 68.1 Å². The minimum absolute atomic E-state index is 0.235. The molecule has 1 aliphatic rings. The van der Waals surface area contributed by atoms with Gasteiger partial charge in [0.25, 0.3) is 0 Å². The highest BCUT2D eigenvalue weighted by Crippen LogP contribution is 2.42. The quantitative estimate of drug-likeness (QED) is 0.853. The van der Waals surface area contributed by atoms with E-state index in [1.165, 1.54) is 12.1 Å². The molecule has 6 heteroatoms. The van der Waals surface area contributed by atoms with E-state index in [1.54, 1.807) is 0 Å². The highest BCUT2D eigenvalue weighted by Gasteiger charge is 2.38. The minimum atomic E-state index is -1.27. The first-order chi connectivity index (χ1) is 10.6. The number of halogens is 1. The van der Waals surface area contributed by atoms with Crippen molar-refractivity contribution in [1.29, 1.82) is 5.26 Å². The summed E-state index contributed by atoms with van der Waals surface area (Å²) in [7, 11) is 0. The summed E-state index contributed by atoms with van der Waals surface area (Å²) in [5, 5.41) is 8.96. The van der Waals surface area contributed by atoms with Crippen molar-refractivity contribution in [2.45, 2.75) is 63.9 Å². The molecule has 23 heavy (non-hydrogen) atoms. The third-order valence-electron chi connectivity index (χ3n) is 3.83. The molecule has 0 aromatic heterocycles. The van der Waals surface area contributed by atoms with Gasteiger partial charge in [-0.2, -0.15) is 5.26 Å². The van der Waals surface area contributed by atoms with Crippen LogP contribution >= 0.6 is 0 Å². The molecule has 1 aliphatic heterocycles. The molecule has 0 saturated heterocycles. The van der Waals surface area contributed by atoms with Gasteiger partial charge < -0.3 is 9.29 Å². The zero-order valence-electron chi connectivity index (χ0n) is 14.2. The van der Waals surface area contributed by atoms with Gasteiger partial charge in [0.15, 0.2) is 0 Å². The van der Waals surface area contributed by atoms with Gasteiger partial charge in [-0.1, -0.05) is 0 Å².